The van der Waals surface area contributed by atoms with E-state index in [-0.39, 0.29) is 23.2 Å². The van der Waals surface area contributed by atoms with Crippen LogP contribution in [0.4, 0.5) is 5.69 Å². The molecule has 0 unspecified atom stereocenters. The van der Waals surface area contributed by atoms with Crippen molar-refractivity contribution in [2.45, 2.75) is 6.42 Å². The molecule has 0 fully saturated rings. The Balaban J connectivity index is 3.13. The standard InChI is InChI=1S/C11H8N2O4/c12-11(15)3-1-2-9-5-4-8(7-14)6-10(9)13(16)17/h4-7H,3H2,(H2,12,15). The molecule has 0 aliphatic rings. The van der Waals surface area contributed by atoms with Crippen LogP contribution in [-0.2, 0) is 4.79 Å². The Morgan fingerprint density at radius 3 is 2.76 bits per heavy atom. The minimum Gasteiger partial charge on any atom is -0.369 e. The summed E-state index contributed by atoms with van der Waals surface area (Å²) in [6.07, 6.45) is 0.334. The highest BCUT2D eigenvalue weighted by Gasteiger charge is 2.12. The number of nitrogens with zero attached hydrogens (tertiary/aromatic N) is 1. The number of nitrogens with two attached hydrogens (primary N) is 1. The van der Waals surface area contributed by atoms with Gasteiger partial charge in [-0.1, -0.05) is 11.8 Å². The van der Waals surface area contributed by atoms with Crippen LogP contribution in [0.15, 0.2) is 18.2 Å². The van der Waals surface area contributed by atoms with E-state index < -0.39 is 10.8 Å². The molecule has 0 bridgehead atoms. The van der Waals surface area contributed by atoms with Crippen LogP contribution >= 0.6 is 0 Å². The number of carbonyl (C=O) groups is 2. The van der Waals surface area contributed by atoms with Crippen molar-refractivity contribution < 1.29 is 14.5 Å². The Bertz CT molecular complexity index is 540. The van der Waals surface area contributed by atoms with E-state index in [0.717, 1.165) is 6.07 Å². The van der Waals surface area contributed by atoms with Gasteiger partial charge in [0.1, 0.15) is 11.8 Å². The minimum absolute atomic E-state index is 0.141. The molecular formula is C11H8N2O4. The van der Waals surface area contributed by atoms with E-state index in [4.69, 9.17) is 5.73 Å². The molecule has 0 aliphatic heterocycles. The molecule has 2 N–H and O–H groups in total. The molecule has 0 atom stereocenters. The van der Waals surface area contributed by atoms with Crippen LogP contribution in [-0.4, -0.2) is 17.1 Å². The fourth-order valence-electron chi connectivity index (χ4n) is 1.11. The number of hydrogen-bond acceptors (Lipinski definition) is 4. The first-order chi connectivity index (χ1) is 8.04. The van der Waals surface area contributed by atoms with Gasteiger partial charge in [-0.05, 0) is 12.1 Å². The van der Waals surface area contributed by atoms with Crippen molar-refractivity contribution in [1.29, 1.82) is 0 Å². The van der Waals surface area contributed by atoms with Gasteiger partial charge in [0.2, 0.25) is 5.91 Å². The third-order valence-electron chi connectivity index (χ3n) is 1.84. The highest BCUT2D eigenvalue weighted by Crippen LogP contribution is 2.18. The largest absolute Gasteiger partial charge is 0.369 e. The summed E-state index contributed by atoms with van der Waals surface area (Å²) in [5.41, 5.74) is 4.94. The van der Waals surface area contributed by atoms with E-state index in [1.165, 1.54) is 12.1 Å². The summed E-state index contributed by atoms with van der Waals surface area (Å²) in [5.74, 6) is 4.28. The Morgan fingerprint density at radius 1 is 1.53 bits per heavy atom. The predicted molar refractivity (Wildman–Crippen MR) is 59.2 cm³/mol. The van der Waals surface area contributed by atoms with Gasteiger partial charge in [0.05, 0.1) is 11.3 Å². The van der Waals surface area contributed by atoms with Gasteiger partial charge in [-0.25, -0.2) is 0 Å². The van der Waals surface area contributed by atoms with E-state index in [9.17, 15) is 19.7 Å². The second-order valence-corrected chi connectivity index (χ2v) is 3.10. The van der Waals surface area contributed by atoms with Gasteiger partial charge in [0.25, 0.3) is 5.69 Å². The average molecular weight is 232 g/mol. The Morgan fingerprint density at radius 2 is 2.24 bits per heavy atom. The van der Waals surface area contributed by atoms with Crippen molar-refractivity contribution in [2.24, 2.45) is 5.73 Å². The molecule has 0 spiro atoms. The van der Waals surface area contributed by atoms with Crippen molar-refractivity contribution in [2.75, 3.05) is 0 Å². The Labute approximate surface area is 96.6 Å². The normalized spacial score (nSPS) is 8.94. The van der Waals surface area contributed by atoms with Crippen LogP contribution in [0.5, 0.6) is 0 Å². The monoisotopic (exact) mass is 232 g/mol. The van der Waals surface area contributed by atoms with Crippen molar-refractivity contribution in [3.63, 3.8) is 0 Å². The summed E-state index contributed by atoms with van der Waals surface area (Å²) in [6, 6.07) is 3.89. The van der Waals surface area contributed by atoms with Crippen molar-refractivity contribution in [3.8, 4) is 11.8 Å². The summed E-state index contributed by atoms with van der Waals surface area (Å²) in [6.45, 7) is 0. The van der Waals surface area contributed by atoms with Crippen LogP contribution in [0.25, 0.3) is 0 Å². The number of hydrogen-bond donors (Lipinski definition) is 1. The maximum Gasteiger partial charge on any atom is 0.285 e. The van der Waals surface area contributed by atoms with Crippen LogP contribution < -0.4 is 5.73 Å². The third kappa shape index (κ3) is 3.43. The lowest BCUT2D eigenvalue weighted by Crippen LogP contribution is -2.08. The van der Waals surface area contributed by atoms with Crippen molar-refractivity contribution in [1.82, 2.24) is 0 Å². The molecule has 86 valence electrons. The molecule has 1 amide bonds. The first-order valence-corrected chi connectivity index (χ1v) is 4.55. The molecule has 0 saturated heterocycles. The molecule has 0 saturated carbocycles. The molecular weight excluding hydrogens is 224 g/mol. The molecule has 1 rings (SSSR count). The second kappa shape index (κ2) is 5.42. The van der Waals surface area contributed by atoms with E-state index in [1.54, 1.807) is 0 Å². The summed E-state index contributed by atoms with van der Waals surface area (Å²) in [5, 5.41) is 10.7. The van der Waals surface area contributed by atoms with E-state index in [1.807, 2.05) is 0 Å². The molecule has 1 aromatic rings. The number of primary amides is 1. The molecule has 0 radical (unpaired) electrons. The van der Waals surface area contributed by atoms with Gasteiger partial charge in [-0.15, -0.1) is 0 Å². The van der Waals surface area contributed by atoms with Gasteiger partial charge in [-0.2, -0.15) is 0 Å². The number of carbonyl (C=O) groups excluding carboxylic acids is 2. The molecule has 6 nitrogen and oxygen atoms in total. The first-order valence-electron chi connectivity index (χ1n) is 4.55. The van der Waals surface area contributed by atoms with Gasteiger partial charge >= 0.3 is 0 Å². The van der Waals surface area contributed by atoms with Gasteiger partial charge in [-0.3, -0.25) is 19.7 Å². The maximum atomic E-state index is 10.7. The molecule has 1 aromatic carbocycles. The number of nitro benzene ring substituents is 1. The SMILES string of the molecule is NC(=O)CC#Cc1ccc(C=O)cc1[N+](=O)[O-]. The summed E-state index contributed by atoms with van der Waals surface area (Å²) in [4.78, 5) is 31.0. The second-order valence-electron chi connectivity index (χ2n) is 3.10. The Hall–Kier alpha value is -2.68. The molecule has 0 aliphatic carbocycles. The highest BCUT2D eigenvalue weighted by atomic mass is 16.6. The minimum atomic E-state index is -0.638. The fourth-order valence-corrected chi connectivity index (χ4v) is 1.11. The zero-order valence-corrected chi connectivity index (χ0v) is 8.67. The van der Waals surface area contributed by atoms with E-state index in [2.05, 4.69) is 11.8 Å². The van der Waals surface area contributed by atoms with Crippen molar-refractivity contribution >= 4 is 17.9 Å². The summed E-state index contributed by atoms with van der Waals surface area (Å²) < 4.78 is 0. The lowest BCUT2D eigenvalue weighted by molar-refractivity contribution is -0.385. The lowest BCUT2D eigenvalue weighted by Gasteiger charge is -1.96. The zero-order valence-electron chi connectivity index (χ0n) is 8.67. The number of nitro groups is 1. The van der Waals surface area contributed by atoms with Crippen LogP contribution in [0.1, 0.15) is 22.3 Å². The van der Waals surface area contributed by atoms with Crippen LogP contribution in [0.3, 0.4) is 0 Å². The van der Waals surface area contributed by atoms with Crippen molar-refractivity contribution in [3.05, 3.63) is 39.4 Å². The van der Waals surface area contributed by atoms with Crippen LogP contribution in [0.2, 0.25) is 0 Å². The van der Waals surface area contributed by atoms with Gasteiger partial charge in [0.15, 0.2) is 0 Å². The van der Waals surface area contributed by atoms with E-state index in [0.29, 0.717) is 6.29 Å². The van der Waals surface area contributed by atoms with Crippen LogP contribution in [0, 0.1) is 22.0 Å². The zero-order chi connectivity index (χ0) is 12.8. The maximum absolute atomic E-state index is 10.7. The molecule has 0 aromatic heterocycles. The predicted octanol–water partition coefficient (Wildman–Crippen LogP) is 0.634. The Kier molecular flexibility index (Phi) is 3.95. The van der Waals surface area contributed by atoms with Gasteiger partial charge < -0.3 is 5.73 Å². The average Bonchev–Trinajstić information content (AvgIpc) is 2.28. The molecule has 0 heterocycles. The topological polar surface area (TPSA) is 103 Å². The summed E-state index contributed by atoms with van der Waals surface area (Å²) >= 11 is 0. The molecule has 17 heavy (non-hydrogen) atoms. The van der Waals surface area contributed by atoms with E-state index >= 15 is 0 Å². The number of amides is 1. The van der Waals surface area contributed by atoms with Gasteiger partial charge in [0, 0.05) is 11.6 Å². The number of benzene rings is 1. The number of aldehydes is 1. The fraction of sp³-hybridized carbons (Fsp3) is 0.0909. The quantitative estimate of drug-likeness (QED) is 0.357. The molecule has 6 heteroatoms. The third-order valence-corrected chi connectivity index (χ3v) is 1.84. The highest BCUT2D eigenvalue weighted by molar-refractivity contribution is 5.78. The number of rotatable bonds is 3. The first kappa shape index (κ1) is 12.4. The summed E-state index contributed by atoms with van der Waals surface area (Å²) in [7, 11) is 0. The smallest absolute Gasteiger partial charge is 0.285 e. The lowest BCUT2D eigenvalue weighted by atomic mass is 10.1.